The van der Waals surface area contributed by atoms with Gasteiger partial charge in [0.2, 0.25) is 0 Å². The summed E-state index contributed by atoms with van der Waals surface area (Å²) in [6.45, 7) is 5.43. The summed E-state index contributed by atoms with van der Waals surface area (Å²) < 4.78 is 10.5. The van der Waals surface area contributed by atoms with E-state index < -0.39 is 5.97 Å². The van der Waals surface area contributed by atoms with Crippen molar-refractivity contribution in [3.63, 3.8) is 0 Å². The third kappa shape index (κ3) is 3.79. The molecular formula is C11H14Br2O3. The molecule has 90 valence electrons. The molecule has 0 heterocycles. The Bertz CT molecular complexity index is 343. The van der Waals surface area contributed by atoms with Crippen LogP contribution in [-0.4, -0.2) is 25.5 Å². The molecule has 0 aliphatic rings. The van der Waals surface area contributed by atoms with Crippen molar-refractivity contribution in [1.82, 2.24) is 0 Å². The highest BCUT2D eigenvalue weighted by atomic mass is 79.9. The number of rotatable bonds is 5. The first kappa shape index (κ1) is 15.4. The van der Waals surface area contributed by atoms with E-state index in [4.69, 9.17) is 9.47 Å². The Morgan fingerprint density at radius 2 is 1.94 bits per heavy atom. The fourth-order valence-corrected chi connectivity index (χ4v) is 1.68. The zero-order valence-electron chi connectivity index (χ0n) is 9.47. The van der Waals surface area contributed by atoms with Crippen LogP contribution in [0.4, 0.5) is 0 Å². The summed E-state index contributed by atoms with van der Waals surface area (Å²) >= 11 is 6.57. The van der Waals surface area contributed by atoms with Crippen molar-refractivity contribution in [2.75, 3.05) is 19.5 Å². The molecule has 0 saturated carbocycles. The van der Waals surface area contributed by atoms with Crippen LogP contribution < -0.4 is 0 Å². The van der Waals surface area contributed by atoms with Crippen molar-refractivity contribution < 1.29 is 14.3 Å². The molecule has 0 rings (SSSR count). The number of halogens is 2. The van der Waals surface area contributed by atoms with E-state index in [1.54, 1.807) is 6.08 Å². The molecule has 0 unspecified atom stereocenters. The van der Waals surface area contributed by atoms with Gasteiger partial charge in [-0.1, -0.05) is 28.6 Å². The standard InChI is InChI=1S/C11H14Br2O3/c1-5-8(13)10(15-3)9(7(2)6-12)11(14)16-4/h5H,1,6H2,2-4H3/b9-7-,10-8-. The summed E-state index contributed by atoms with van der Waals surface area (Å²) in [6.07, 6.45) is 1.56. The summed E-state index contributed by atoms with van der Waals surface area (Å²) in [5, 5.41) is 0.557. The van der Waals surface area contributed by atoms with Crippen molar-refractivity contribution >= 4 is 37.8 Å². The van der Waals surface area contributed by atoms with Gasteiger partial charge in [0.15, 0.2) is 0 Å². The highest BCUT2D eigenvalue weighted by Crippen LogP contribution is 2.25. The lowest BCUT2D eigenvalue weighted by atomic mass is 10.1. The minimum atomic E-state index is -0.437. The Morgan fingerprint density at radius 3 is 2.25 bits per heavy atom. The number of hydrogen-bond acceptors (Lipinski definition) is 3. The monoisotopic (exact) mass is 352 g/mol. The molecule has 0 atom stereocenters. The predicted molar refractivity (Wildman–Crippen MR) is 71.7 cm³/mol. The van der Waals surface area contributed by atoms with Crippen LogP contribution in [0, 0.1) is 0 Å². The van der Waals surface area contributed by atoms with Gasteiger partial charge in [-0.25, -0.2) is 4.79 Å². The fraction of sp³-hybridized carbons (Fsp3) is 0.364. The van der Waals surface area contributed by atoms with Gasteiger partial charge in [-0.3, -0.25) is 0 Å². The van der Waals surface area contributed by atoms with Gasteiger partial charge in [-0.15, -0.1) is 0 Å². The second-order valence-corrected chi connectivity index (χ2v) is 4.28. The molecule has 0 radical (unpaired) electrons. The summed E-state index contributed by atoms with van der Waals surface area (Å²) in [4.78, 5) is 11.7. The van der Waals surface area contributed by atoms with Crippen LogP contribution >= 0.6 is 31.9 Å². The van der Waals surface area contributed by atoms with Crippen LogP contribution in [0.3, 0.4) is 0 Å². The maximum atomic E-state index is 11.7. The van der Waals surface area contributed by atoms with Gasteiger partial charge in [0.1, 0.15) is 11.3 Å². The molecule has 0 aliphatic heterocycles. The van der Waals surface area contributed by atoms with Gasteiger partial charge in [-0.2, -0.15) is 0 Å². The lowest BCUT2D eigenvalue weighted by Gasteiger charge is -2.13. The predicted octanol–water partition coefficient (Wildman–Crippen LogP) is 3.31. The van der Waals surface area contributed by atoms with Gasteiger partial charge >= 0.3 is 5.97 Å². The van der Waals surface area contributed by atoms with E-state index in [0.29, 0.717) is 21.1 Å². The van der Waals surface area contributed by atoms with Crippen LogP contribution in [0.1, 0.15) is 6.92 Å². The van der Waals surface area contributed by atoms with Gasteiger partial charge in [0.05, 0.1) is 18.7 Å². The van der Waals surface area contributed by atoms with Crippen molar-refractivity contribution in [2.24, 2.45) is 0 Å². The summed E-state index contributed by atoms with van der Waals surface area (Å²) in [7, 11) is 2.82. The van der Waals surface area contributed by atoms with E-state index in [9.17, 15) is 4.79 Å². The first-order valence-electron chi connectivity index (χ1n) is 4.44. The molecule has 0 fully saturated rings. The number of methoxy groups -OCH3 is 2. The van der Waals surface area contributed by atoms with Crippen molar-refractivity contribution in [3.8, 4) is 0 Å². The summed E-state index contributed by atoms with van der Waals surface area (Å²) in [6, 6.07) is 0. The molecule has 0 spiro atoms. The van der Waals surface area contributed by atoms with Crippen molar-refractivity contribution in [2.45, 2.75) is 6.92 Å². The quantitative estimate of drug-likeness (QED) is 0.250. The summed E-state index contributed by atoms with van der Waals surface area (Å²) in [5.74, 6) is -0.0219. The topological polar surface area (TPSA) is 35.5 Å². The maximum Gasteiger partial charge on any atom is 0.341 e. The highest BCUT2D eigenvalue weighted by Gasteiger charge is 2.20. The molecule has 0 aromatic carbocycles. The highest BCUT2D eigenvalue weighted by molar-refractivity contribution is 9.12. The Kier molecular flexibility index (Phi) is 7.42. The summed E-state index contributed by atoms with van der Waals surface area (Å²) in [5.41, 5.74) is 1.22. The number of carbonyl (C=O) groups excluding carboxylic acids is 1. The molecule has 0 aromatic rings. The Labute approximate surface area is 112 Å². The van der Waals surface area contributed by atoms with Crippen LogP contribution in [0.15, 0.2) is 34.0 Å². The number of alkyl halides is 1. The number of ether oxygens (including phenoxy) is 2. The maximum absolute atomic E-state index is 11.7. The third-order valence-corrected chi connectivity index (χ3v) is 3.37. The molecular weight excluding hydrogens is 340 g/mol. The lowest BCUT2D eigenvalue weighted by molar-refractivity contribution is -0.136. The molecule has 3 nitrogen and oxygen atoms in total. The lowest BCUT2D eigenvalue weighted by Crippen LogP contribution is -2.12. The molecule has 0 aliphatic carbocycles. The van der Waals surface area contributed by atoms with Gasteiger partial charge < -0.3 is 9.47 Å². The number of allylic oxidation sites excluding steroid dienone is 3. The van der Waals surface area contributed by atoms with Crippen LogP contribution in [-0.2, 0) is 14.3 Å². The molecule has 0 N–H and O–H groups in total. The molecule has 0 aromatic heterocycles. The molecule has 16 heavy (non-hydrogen) atoms. The van der Waals surface area contributed by atoms with Crippen molar-refractivity contribution in [3.05, 3.63) is 34.0 Å². The molecule has 0 amide bonds. The molecule has 5 heteroatoms. The van der Waals surface area contributed by atoms with E-state index in [2.05, 4.69) is 38.4 Å². The first-order valence-corrected chi connectivity index (χ1v) is 6.35. The van der Waals surface area contributed by atoms with Crippen molar-refractivity contribution in [1.29, 1.82) is 0 Å². The van der Waals surface area contributed by atoms with E-state index in [0.717, 1.165) is 5.57 Å². The van der Waals surface area contributed by atoms with Crippen LogP contribution in [0.2, 0.25) is 0 Å². The van der Waals surface area contributed by atoms with E-state index in [1.807, 2.05) is 6.92 Å². The fourth-order valence-electron chi connectivity index (χ4n) is 1.04. The van der Waals surface area contributed by atoms with E-state index in [1.165, 1.54) is 14.2 Å². The largest absolute Gasteiger partial charge is 0.495 e. The molecule has 0 saturated heterocycles. The van der Waals surface area contributed by atoms with Crippen LogP contribution in [0.5, 0.6) is 0 Å². The smallest absolute Gasteiger partial charge is 0.341 e. The minimum absolute atomic E-state index is 0.397. The average Bonchev–Trinajstić information content (AvgIpc) is 2.32. The number of hydrogen-bond donors (Lipinski definition) is 0. The van der Waals surface area contributed by atoms with Gasteiger partial charge in [-0.05, 0) is 28.4 Å². The van der Waals surface area contributed by atoms with E-state index in [-0.39, 0.29) is 0 Å². The third-order valence-electron chi connectivity index (χ3n) is 1.84. The first-order chi connectivity index (χ1) is 7.53. The SMILES string of the molecule is C=C/C(Br)=C(OC)\C(C(=O)OC)=C(/C)CBr. The second kappa shape index (κ2) is 7.68. The Morgan fingerprint density at radius 1 is 1.38 bits per heavy atom. The number of esters is 1. The molecule has 0 bridgehead atoms. The Hall–Kier alpha value is -0.550. The van der Waals surface area contributed by atoms with Crippen LogP contribution in [0.25, 0.3) is 0 Å². The average molecular weight is 354 g/mol. The zero-order valence-corrected chi connectivity index (χ0v) is 12.6. The minimum Gasteiger partial charge on any atom is -0.495 e. The zero-order chi connectivity index (χ0) is 12.7. The second-order valence-electron chi connectivity index (χ2n) is 2.87. The normalized spacial score (nSPS) is 13.6. The van der Waals surface area contributed by atoms with Gasteiger partial charge in [0, 0.05) is 5.33 Å². The van der Waals surface area contributed by atoms with Gasteiger partial charge in [0.25, 0.3) is 0 Å². The Balaban J connectivity index is 5.70. The number of carbonyl (C=O) groups is 1. The van der Waals surface area contributed by atoms with E-state index >= 15 is 0 Å².